The molecule has 1 aliphatic carbocycles. The second-order valence-corrected chi connectivity index (χ2v) is 9.24. The number of rotatable bonds is 4. The quantitative estimate of drug-likeness (QED) is 0.617. The highest BCUT2D eigenvalue weighted by molar-refractivity contribution is 5.90. The van der Waals surface area contributed by atoms with Crippen LogP contribution in [0.1, 0.15) is 47.1 Å². The van der Waals surface area contributed by atoms with Gasteiger partial charge in [-0.15, -0.1) is 0 Å². The van der Waals surface area contributed by atoms with Gasteiger partial charge in [0.15, 0.2) is 0 Å². The average Bonchev–Trinajstić information content (AvgIpc) is 3.36. The SMILES string of the molecule is CNC(=O)c1ncc(N2CCN(C3CCC(c4cc5c(C)ccc(F)c5c(=O)[nH]4)C3)CC2)cn1. The molecule has 34 heavy (non-hydrogen) atoms. The van der Waals surface area contributed by atoms with Gasteiger partial charge in [0.1, 0.15) is 5.82 Å². The van der Waals surface area contributed by atoms with Crippen molar-refractivity contribution in [2.45, 2.75) is 38.1 Å². The van der Waals surface area contributed by atoms with Crippen molar-refractivity contribution in [2.24, 2.45) is 0 Å². The summed E-state index contributed by atoms with van der Waals surface area (Å²) in [5.74, 6) is -0.315. The molecule has 2 N–H and O–H groups in total. The lowest BCUT2D eigenvalue weighted by molar-refractivity contribution is 0.0952. The number of halogens is 1. The molecular formula is C25H29FN6O2. The van der Waals surface area contributed by atoms with E-state index < -0.39 is 5.82 Å². The highest BCUT2D eigenvalue weighted by atomic mass is 19.1. The van der Waals surface area contributed by atoms with E-state index in [-0.39, 0.29) is 28.6 Å². The lowest BCUT2D eigenvalue weighted by Crippen LogP contribution is -2.49. The minimum absolute atomic E-state index is 0.154. The Morgan fingerprint density at radius 1 is 1.15 bits per heavy atom. The molecule has 2 atom stereocenters. The van der Waals surface area contributed by atoms with Gasteiger partial charge in [-0.05, 0) is 49.3 Å². The van der Waals surface area contributed by atoms with Crippen LogP contribution in [-0.2, 0) is 0 Å². The predicted molar refractivity (Wildman–Crippen MR) is 129 cm³/mol. The second kappa shape index (κ2) is 9.13. The number of amides is 1. The van der Waals surface area contributed by atoms with Crippen LogP contribution in [0.5, 0.6) is 0 Å². The number of aryl methyl sites for hydroxylation is 1. The van der Waals surface area contributed by atoms with Gasteiger partial charge in [-0.25, -0.2) is 14.4 Å². The first-order valence-corrected chi connectivity index (χ1v) is 11.8. The summed E-state index contributed by atoms with van der Waals surface area (Å²) in [7, 11) is 1.56. The van der Waals surface area contributed by atoms with Crippen LogP contribution in [0.3, 0.4) is 0 Å². The van der Waals surface area contributed by atoms with Crippen LogP contribution in [0.4, 0.5) is 10.1 Å². The van der Waals surface area contributed by atoms with Gasteiger partial charge in [-0.1, -0.05) is 6.07 Å². The first-order valence-electron chi connectivity index (χ1n) is 11.8. The Balaban J connectivity index is 1.23. The second-order valence-electron chi connectivity index (χ2n) is 9.24. The number of carbonyl (C=O) groups excluding carboxylic acids is 1. The number of benzene rings is 1. The summed E-state index contributed by atoms with van der Waals surface area (Å²) in [6, 6.07) is 5.53. The number of pyridine rings is 1. The lowest BCUT2D eigenvalue weighted by atomic mass is 9.98. The zero-order valence-electron chi connectivity index (χ0n) is 19.5. The van der Waals surface area contributed by atoms with Crippen molar-refractivity contribution in [1.82, 2.24) is 25.2 Å². The number of piperazine rings is 1. The summed E-state index contributed by atoms with van der Waals surface area (Å²) >= 11 is 0. The van der Waals surface area contributed by atoms with Gasteiger partial charge in [0.05, 0.1) is 23.5 Å². The molecule has 1 saturated heterocycles. The largest absolute Gasteiger partial charge is 0.366 e. The van der Waals surface area contributed by atoms with E-state index in [0.29, 0.717) is 11.4 Å². The number of anilines is 1. The number of hydrogen-bond acceptors (Lipinski definition) is 6. The van der Waals surface area contributed by atoms with Crippen LogP contribution in [0.15, 0.2) is 35.4 Å². The van der Waals surface area contributed by atoms with Crippen molar-refractivity contribution in [3.05, 3.63) is 63.8 Å². The van der Waals surface area contributed by atoms with Gasteiger partial charge >= 0.3 is 0 Å². The van der Waals surface area contributed by atoms with Crippen LogP contribution in [0.2, 0.25) is 0 Å². The van der Waals surface area contributed by atoms with E-state index in [1.165, 1.54) is 6.07 Å². The van der Waals surface area contributed by atoms with E-state index >= 15 is 0 Å². The lowest BCUT2D eigenvalue weighted by Gasteiger charge is -2.39. The van der Waals surface area contributed by atoms with Crippen molar-refractivity contribution >= 4 is 22.4 Å². The van der Waals surface area contributed by atoms with E-state index in [1.54, 1.807) is 25.5 Å². The maximum atomic E-state index is 14.2. The minimum Gasteiger partial charge on any atom is -0.366 e. The number of nitrogens with one attached hydrogen (secondary N) is 2. The molecule has 2 aliphatic rings. The van der Waals surface area contributed by atoms with Gasteiger partial charge < -0.3 is 15.2 Å². The summed E-state index contributed by atoms with van der Waals surface area (Å²) in [5.41, 5.74) is 2.42. The zero-order valence-corrected chi connectivity index (χ0v) is 19.5. The Labute approximate surface area is 197 Å². The van der Waals surface area contributed by atoms with Crippen LogP contribution < -0.4 is 15.8 Å². The number of H-pyrrole nitrogens is 1. The summed E-state index contributed by atoms with van der Waals surface area (Å²) in [6.45, 7) is 5.53. The molecule has 1 amide bonds. The number of hydrogen-bond donors (Lipinski definition) is 2. The molecule has 2 unspecified atom stereocenters. The van der Waals surface area contributed by atoms with Crippen LogP contribution in [-0.4, -0.2) is 65.0 Å². The molecule has 1 aliphatic heterocycles. The van der Waals surface area contributed by atoms with Crippen LogP contribution >= 0.6 is 0 Å². The number of aromatic nitrogens is 3. The summed E-state index contributed by atoms with van der Waals surface area (Å²) in [4.78, 5) is 40.3. The summed E-state index contributed by atoms with van der Waals surface area (Å²) < 4.78 is 14.2. The third-order valence-electron chi connectivity index (χ3n) is 7.31. The molecule has 0 bridgehead atoms. The first kappa shape index (κ1) is 22.5. The van der Waals surface area contributed by atoms with Crippen LogP contribution in [0, 0.1) is 12.7 Å². The molecule has 2 aromatic heterocycles. The molecule has 3 heterocycles. The smallest absolute Gasteiger partial charge is 0.288 e. The Morgan fingerprint density at radius 2 is 1.88 bits per heavy atom. The van der Waals surface area contributed by atoms with Gasteiger partial charge in [-0.3, -0.25) is 14.5 Å². The van der Waals surface area contributed by atoms with Crippen molar-refractivity contribution in [1.29, 1.82) is 0 Å². The van der Waals surface area contributed by atoms with E-state index in [2.05, 4.69) is 30.1 Å². The number of nitrogens with zero attached hydrogens (tertiary/aromatic N) is 4. The molecule has 9 heteroatoms. The fraction of sp³-hybridized carbons (Fsp3) is 0.440. The van der Waals surface area contributed by atoms with Crippen LogP contribution in [0.25, 0.3) is 10.8 Å². The van der Waals surface area contributed by atoms with Crippen molar-refractivity contribution < 1.29 is 9.18 Å². The summed E-state index contributed by atoms with van der Waals surface area (Å²) in [6.07, 6.45) is 6.49. The zero-order chi connectivity index (χ0) is 23.8. The van der Waals surface area contributed by atoms with Crippen molar-refractivity contribution in [2.75, 3.05) is 38.1 Å². The minimum atomic E-state index is -0.468. The predicted octanol–water partition coefficient (Wildman–Crippen LogP) is 2.58. The topological polar surface area (TPSA) is 94.2 Å². The van der Waals surface area contributed by atoms with Gasteiger partial charge in [-0.2, -0.15) is 0 Å². The third-order valence-corrected chi connectivity index (χ3v) is 7.31. The first-order chi connectivity index (χ1) is 16.4. The van der Waals surface area contributed by atoms with E-state index in [4.69, 9.17) is 0 Å². The standard InChI is InChI=1S/C25H29FN6O2/c1-15-3-6-20(26)22-19(15)12-21(30-24(22)33)16-4-5-17(11-16)31-7-9-32(10-8-31)18-13-28-23(29-14-18)25(34)27-2/h3,6,12-14,16-17H,4-5,7-11H2,1-2H3,(H,27,34)(H,30,33). The molecule has 2 fully saturated rings. The number of aromatic amines is 1. The molecule has 5 rings (SSSR count). The molecule has 178 valence electrons. The normalized spacial score (nSPS) is 21.2. The molecule has 1 aromatic carbocycles. The highest BCUT2D eigenvalue weighted by Crippen LogP contribution is 2.37. The molecule has 8 nitrogen and oxygen atoms in total. The summed E-state index contributed by atoms with van der Waals surface area (Å²) in [5, 5.41) is 3.39. The maximum Gasteiger partial charge on any atom is 0.288 e. The van der Waals surface area contributed by atoms with Gasteiger partial charge in [0.25, 0.3) is 11.5 Å². The van der Waals surface area contributed by atoms with E-state index in [1.807, 2.05) is 13.0 Å². The molecule has 3 aromatic rings. The fourth-order valence-electron chi connectivity index (χ4n) is 5.35. The number of fused-ring (bicyclic) bond motifs is 1. The molecular weight excluding hydrogens is 435 g/mol. The maximum absolute atomic E-state index is 14.2. The van der Waals surface area contributed by atoms with Crippen molar-refractivity contribution in [3.63, 3.8) is 0 Å². The Hall–Kier alpha value is -3.33. The third kappa shape index (κ3) is 4.16. The van der Waals surface area contributed by atoms with Gasteiger partial charge in [0.2, 0.25) is 5.82 Å². The Morgan fingerprint density at radius 3 is 2.59 bits per heavy atom. The Kier molecular flexibility index (Phi) is 6.03. The molecule has 0 radical (unpaired) electrons. The Bertz CT molecular complexity index is 1270. The van der Waals surface area contributed by atoms with Gasteiger partial charge in [0, 0.05) is 50.9 Å². The fourth-order valence-corrected chi connectivity index (χ4v) is 5.35. The molecule has 0 spiro atoms. The highest BCUT2D eigenvalue weighted by Gasteiger charge is 2.33. The molecule has 1 saturated carbocycles. The monoisotopic (exact) mass is 464 g/mol. The van der Waals surface area contributed by atoms with E-state index in [0.717, 1.165) is 62.4 Å². The average molecular weight is 465 g/mol. The van der Waals surface area contributed by atoms with Crippen molar-refractivity contribution in [3.8, 4) is 0 Å². The number of carbonyl (C=O) groups is 1. The van der Waals surface area contributed by atoms with E-state index in [9.17, 15) is 14.0 Å².